The minimum absolute atomic E-state index is 0.350. The second kappa shape index (κ2) is 4.34. The van der Waals surface area contributed by atoms with E-state index in [0.29, 0.717) is 11.3 Å². The highest BCUT2D eigenvalue weighted by molar-refractivity contribution is 5.39. The summed E-state index contributed by atoms with van der Waals surface area (Å²) in [6.45, 7) is 5.55. The van der Waals surface area contributed by atoms with E-state index < -0.39 is 6.10 Å². The topological polar surface area (TPSA) is 33.4 Å². The van der Waals surface area contributed by atoms with Gasteiger partial charge in [0, 0.05) is 5.56 Å². The van der Waals surface area contributed by atoms with E-state index in [2.05, 4.69) is 0 Å². The molecule has 17 heavy (non-hydrogen) atoms. The molecule has 1 N–H and O–H groups in total. The lowest BCUT2D eigenvalue weighted by Gasteiger charge is -2.11. The maximum absolute atomic E-state index is 13.1. The summed E-state index contributed by atoms with van der Waals surface area (Å²) in [5.74, 6) is 1.11. The largest absolute Gasteiger partial charge is 0.466 e. The minimum Gasteiger partial charge on any atom is -0.466 e. The fourth-order valence-electron chi connectivity index (χ4n) is 2.06. The smallest absolute Gasteiger partial charge is 0.123 e. The lowest BCUT2D eigenvalue weighted by Crippen LogP contribution is -2.02. The van der Waals surface area contributed by atoms with Crippen molar-refractivity contribution in [3.63, 3.8) is 0 Å². The van der Waals surface area contributed by atoms with Crippen molar-refractivity contribution in [2.75, 3.05) is 0 Å². The van der Waals surface area contributed by atoms with Gasteiger partial charge in [-0.1, -0.05) is 12.1 Å². The Labute approximate surface area is 99.7 Å². The predicted octanol–water partition coefficient (Wildman–Crippen LogP) is 3.43. The van der Waals surface area contributed by atoms with Crippen LogP contribution in [0.3, 0.4) is 0 Å². The number of rotatable bonds is 2. The summed E-state index contributed by atoms with van der Waals surface area (Å²) in [7, 11) is 0. The summed E-state index contributed by atoms with van der Waals surface area (Å²) in [6.07, 6.45) is -0.844. The fourth-order valence-corrected chi connectivity index (χ4v) is 2.06. The normalized spacial score (nSPS) is 12.8. The van der Waals surface area contributed by atoms with E-state index in [1.165, 1.54) is 12.1 Å². The average molecular weight is 234 g/mol. The highest BCUT2D eigenvalue weighted by Crippen LogP contribution is 2.31. The van der Waals surface area contributed by atoms with Gasteiger partial charge in [-0.3, -0.25) is 0 Å². The summed E-state index contributed by atoms with van der Waals surface area (Å²) in [4.78, 5) is 0. The fraction of sp³-hybridized carbons (Fsp3) is 0.286. The highest BCUT2D eigenvalue weighted by atomic mass is 19.1. The number of hydrogen-bond donors (Lipinski definition) is 1. The van der Waals surface area contributed by atoms with Crippen molar-refractivity contribution in [3.05, 3.63) is 58.3 Å². The van der Waals surface area contributed by atoms with Crippen molar-refractivity contribution < 1.29 is 13.9 Å². The molecule has 1 aromatic carbocycles. The SMILES string of the molecule is Cc1oc(C)c(C(O)c2cccc(F)c2)c1C. The minimum atomic E-state index is -0.844. The van der Waals surface area contributed by atoms with Gasteiger partial charge >= 0.3 is 0 Å². The summed E-state index contributed by atoms with van der Waals surface area (Å²) in [5, 5.41) is 10.3. The summed E-state index contributed by atoms with van der Waals surface area (Å²) >= 11 is 0. The van der Waals surface area contributed by atoms with Crippen LogP contribution in [-0.4, -0.2) is 5.11 Å². The van der Waals surface area contributed by atoms with E-state index in [-0.39, 0.29) is 5.82 Å². The first kappa shape index (κ1) is 11.9. The lowest BCUT2D eigenvalue weighted by molar-refractivity contribution is 0.217. The molecule has 0 spiro atoms. The molecule has 0 radical (unpaired) electrons. The number of aliphatic hydroxyl groups excluding tert-OH is 1. The first-order chi connectivity index (χ1) is 8.00. The zero-order valence-electron chi connectivity index (χ0n) is 10.1. The van der Waals surface area contributed by atoms with Crippen LogP contribution < -0.4 is 0 Å². The van der Waals surface area contributed by atoms with Crippen molar-refractivity contribution in [1.82, 2.24) is 0 Å². The van der Waals surface area contributed by atoms with Gasteiger partial charge in [-0.15, -0.1) is 0 Å². The number of aliphatic hydroxyl groups is 1. The van der Waals surface area contributed by atoms with E-state index in [9.17, 15) is 9.50 Å². The van der Waals surface area contributed by atoms with Gasteiger partial charge in [-0.2, -0.15) is 0 Å². The molecule has 0 saturated carbocycles. The quantitative estimate of drug-likeness (QED) is 0.863. The second-order valence-electron chi connectivity index (χ2n) is 4.21. The molecular weight excluding hydrogens is 219 g/mol. The highest BCUT2D eigenvalue weighted by Gasteiger charge is 2.20. The Morgan fingerprint density at radius 1 is 1.18 bits per heavy atom. The summed E-state index contributed by atoms with van der Waals surface area (Å²) in [6, 6.07) is 5.99. The molecule has 2 aromatic rings. The van der Waals surface area contributed by atoms with Crippen LogP contribution in [0.15, 0.2) is 28.7 Å². The number of halogens is 1. The molecular formula is C14H15FO2. The first-order valence-electron chi connectivity index (χ1n) is 5.50. The molecule has 0 aliphatic rings. The molecule has 3 heteroatoms. The van der Waals surface area contributed by atoms with Gasteiger partial charge in [0.15, 0.2) is 0 Å². The van der Waals surface area contributed by atoms with Crippen molar-refractivity contribution >= 4 is 0 Å². The van der Waals surface area contributed by atoms with E-state index >= 15 is 0 Å². The van der Waals surface area contributed by atoms with E-state index in [4.69, 9.17) is 4.42 Å². The summed E-state index contributed by atoms with van der Waals surface area (Å²) in [5.41, 5.74) is 2.18. The van der Waals surface area contributed by atoms with E-state index in [0.717, 1.165) is 16.9 Å². The van der Waals surface area contributed by atoms with Crippen LogP contribution >= 0.6 is 0 Å². The number of aryl methyl sites for hydroxylation is 2. The van der Waals surface area contributed by atoms with Crippen molar-refractivity contribution in [1.29, 1.82) is 0 Å². The third kappa shape index (κ3) is 2.11. The average Bonchev–Trinajstić information content (AvgIpc) is 2.52. The Kier molecular flexibility index (Phi) is 3.03. The molecule has 2 nitrogen and oxygen atoms in total. The molecule has 1 heterocycles. The molecule has 0 aliphatic carbocycles. The van der Waals surface area contributed by atoms with Gasteiger partial charge in [-0.05, 0) is 44.0 Å². The molecule has 0 saturated heterocycles. The Morgan fingerprint density at radius 3 is 2.41 bits per heavy atom. The van der Waals surface area contributed by atoms with Crippen molar-refractivity contribution in [2.45, 2.75) is 26.9 Å². The lowest BCUT2D eigenvalue weighted by atomic mass is 9.98. The van der Waals surface area contributed by atoms with E-state index in [1.54, 1.807) is 19.1 Å². The number of benzene rings is 1. The van der Waals surface area contributed by atoms with Crippen molar-refractivity contribution in [2.24, 2.45) is 0 Å². The van der Waals surface area contributed by atoms with Gasteiger partial charge in [0.2, 0.25) is 0 Å². The third-order valence-corrected chi connectivity index (χ3v) is 3.06. The van der Waals surface area contributed by atoms with Crippen LogP contribution in [-0.2, 0) is 0 Å². The maximum atomic E-state index is 13.1. The van der Waals surface area contributed by atoms with Crippen LogP contribution in [0, 0.1) is 26.6 Å². The molecule has 0 bridgehead atoms. The van der Waals surface area contributed by atoms with Crippen LogP contribution in [0.25, 0.3) is 0 Å². The number of hydrogen-bond acceptors (Lipinski definition) is 2. The molecule has 0 amide bonds. The zero-order chi connectivity index (χ0) is 12.6. The van der Waals surface area contributed by atoms with Crippen LogP contribution in [0.1, 0.15) is 34.3 Å². The molecule has 0 fully saturated rings. The molecule has 1 aromatic heterocycles. The zero-order valence-corrected chi connectivity index (χ0v) is 10.1. The molecule has 1 atom stereocenters. The maximum Gasteiger partial charge on any atom is 0.123 e. The molecule has 1 unspecified atom stereocenters. The Morgan fingerprint density at radius 2 is 1.88 bits per heavy atom. The van der Waals surface area contributed by atoms with Crippen LogP contribution in [0.5, 0.6) is 0 Å². The molecule has 90 valence electrons. The summed E-state index contributed by atoms with van der Waals surface area (Å²) < 4.78 is 18.6. The van der Waals surface area contributed by atoms with Gasteiger partial charge in [0.1, 0.15) is 23.4 Å². The number of furan rings is 1. The molecule has 0 aliphatic heterocycles. The van der Waals surface area contributed by atoms with Crippen LogP contribution in [0.4, 0.5) is 4.39 Å². The van der Waals surface area contributed by atoms with Crippen molar-refractivity contribution in [3.8, 4) is 0 Å². The Bertz CT molecular complexity index is 543. The van der Waals surface area contributed by atoms with Crippen LogP contribution in [0.2, 0.25) is 0 Å². The third-order valence-electron chi connectivity index (χ3n) is 3.06. The van der Waals surface area contributed by atoms with Gasteiger partial charge in [-0.25, -0.2) is 4.39 Å². The monoisotopic (exact) mass is 234 g/mol. The predicted molar refractivity (Wildman–Crippen MR) is 63.4 cm³/mol. The van der Waals surface area contributed by atoms with E-state index in [1.807, 2.05) is 13.8 Å². The van der Waals surface area contributed by atoms with Gasteiger partial charge < -0.3 is 9.52 Å². The van der Waals surface area contributed by atoms with Gasteiger partial charge in [0.05, 0.1) is 0 Å². The molecule has 2 rings (SSSR count). The standard InChI is InChI=1S/C14H15FO2/c1-8-9(2)17-10(3)13(8)14(16)11-5-4-6-12(15)7-11/h4-7,14,16H,1-3H3. The second-order valence-corrected chi connectivity index (χ2v) is 4.21. The van der Waals surface area contributed by atoms with Gasteiger partial charge in [0.25, 0.3) is 0 Å². The Balaban J connectivity index is 2.47. The first-order valence-corrected chi connectivity index (χ1v) is 5.50. The Hall–Kier alpha value is -1.61.